The van der Waals surface area contributed by atoms with Crippen molar-refractivity contribution in [1.29, 1.82) is 0 Å². The van der Waals surface area contributed by atoms with E-state index < -0.39 is 0 Å². The summed E-state index contributed by atoms with van der Waals surface area (Å²) in [6, 6.07) is 11.9. The minimum Gasteiger partial charge on any atom is -0.350 e. The molecule has 2 heterocycles. The van der Waals surface area contributed by atoms with Crippen molar-refractivity contribution in [3.05, 3.63) is 76.7 Å². The third kappa shape index (κ3) is 3.25. The zero-order chi connectivity index (χ0) is 17.2. The van der Waals surface area contributed by atoms with Crippen LogP contribution in [0.4, 0.5) is 10.3 Å². The summed E-state index contributed by atoms with van der Waals surface area (Å²) in [4.78, 5) is 25.4. The van der Waals surface area contributed by atoms with Crippen LogP contribution < -0.4 is 11.0 Å². The predicted octanol–water partition coefficient (Wildman–Crippen LogP) is 3.06. The molecule has 25 heavy (non-hydrogen) atoms. The average molecular weight is 335 g/mol. The van der Waals surface area contributed by atoms with Crippen molar-refractivity contribution in [2.45, 2.75) is 6.54 Å². The second-order valence-corrected chi connectivity index (χ2v) is 5.61. The first-order valence-electron chi connectivity index (χ1n) is 7.70. The Morgan fingerprint density at radius 3 is 2.40 bits per heavy atom. The van der Waals surface area contributed by atoms with Crippen LogP contribution in [0.2, 0.25) is 0 Å². The number of fused-ring (bicyclic) bond motifs is 1. The lowest BCUT2D eigenvalue weighted by Gasteiger charge is -2.06. The van der Waals surface area contributed by atoms with Gasteiger partial charge in [0.25, 0.3) is 0 Å². The lowest BCUT2D eigenvalue weighted by molar-refractivity contribution is 0.627. The minimum absolute atomic E-state index is 0.233. The van der Waals surface area contributed by atoms with Crippen LogP contribution in [0, 0.1) is 5.82 Å². The van der Waals surface area contributed by atoms with Gasteiger partial charge in [-0.3, -0.25) is 0 Å². The van der Waals surface area contributed by atoms with E-state index in [1.54, 1.807) is 24.5 Å². The van der Waals surface area contributed by atoms with Crippen LogP contribution >= 0.6 is 0 Å². The van der Waals surface area contributed by atoms with Gasteiger partial charge in [0.2, 0.25) is 5.95 Å². The molecule has 0 saturated carbocycles. The third-order valence-electron chi connectivity index (χ3n) is 3.87. The van der Waals surface area contributed by atoms with Gasteiger partial charge in [0.15, 0.2) is 0 Å². The third-order valence-corrected chi connectivity index (χ3v) is 3.87. The molecule has 7 heteroatoms. The van der Waals surface area contributed by atoms with Crippen LogP contribution in [0.15, 0.2) is 59.7 Å². The Kier molecular flexibility index (Phi) is 3.74. The lowest BCUT2D eigenvalue weighted by Crippen LogP contribution is -2.03. The molecule has 0 atom stereocenters. The molecule has 4 aromatic rings. The number of halogens is 1. The van der Waals surface area contributed by atoms with Gasteiger partial charge >= 0.3 is 5.69 Å². The van der Waals surface area contributed by atoms with Crippen LogP contribution in [0.3, 0.4) is 0 Å². The number of aromatic amines is 2. The first-order valence-corrected chi connectivity index (χ1v) is 7.70. The van der Waals surface area contributed by atoms with E-state index in [0.717, 1.165) is 27.7 Å². The first-order chi connectivity index (χ1) is 12.2. The second-order valence-electron chi connectivity index (χ2n) is 5.61. The van der Waals surface area contributed by atoms with E-state index in [-0.39, 0.29) is 11.5 Å². The SMILES string of the molecule is O=c1[nH]c2ccc(-c3cnc(NCc4ccc(F)cc4)nc3)cc2[nH]1. The van der Waals surface area contributed by atoms with Crippen LogP contribution in [-0.2, 0) is 6.54 Å². The zero-order valence-corrected chi connectivity index (χ0v) is 13.1. The summed E-state index contributed by atoms with van der Waals surface area (Å²) in [7, 11) is 0. The highest BCUT2D eigenvalue weighted by atomic mass is 19.1. The summed E-state index contributed by atoms with van der Waals surface area (Å²) in [6.45, 7) is 0.510. The fraction of sp³-hybridized carbons (Fsp3) is 0.0556. The Morgan fingerprint density at radius 1 is 0.920 bits per heavy atom. The van der Waals surface area contributed by atoms with Crippen molar-refractivity contribution < 1.29 is 4.39 Å². The summed E-state index contributed by atoms with van der Waals surface area (Å²) in [5.74, 6) is 0.231. The Labute approximate surface area is 141 Å². The van der Waals surface area contributed by atoms with E-state index in [1.807, 2.05) is 18.2 Å². The van der Waals surface area contributed by atoms with Crippen molar-refractivity contribution >= 4 is 17.0 Å². The van der Waals surface area contributed by atoms with E-state index in [9.17, 15) is 9.18 Å². The van der Waals surface area contributed by atoms with Gasteiger partial charge in [-0.2, -0.15) is 0 Å². The molecule has 0 spiro atoms. The summed E-state index contributed by atoms with van der Waals surface area (Å²) >= 11 is 0. The zero-order valence-electron chi connectivity index (χ0n) is 13.1. The number of imidazole rings is 1. The summed E-state index contributed by atoms with van der Waals surface area (Å²) in [5, 5.41) is 3.09. The van der Waals surface area contributed by atoms with Crippen molar-refractivity contribution in [3.8, 4) is 11.1 Å². The Balaban J connectivity index is 1.50. The van der Waals surface area contributed by atoms with Gasteiger partial charge in [-0.05, 0) is 35.4 Å². The highest BCUT2D eigenvalue weighted by Crippen LogP contribution is 2.21. The molecule has 0 aliphatic heterocycles. The van der Waals surface area contributed by atoms with E-state index in [1.165, 1.54) is 12.1 Å². The van der Waals surface area contributed by atoms with Gasteiger partial charge in [0.05, 0.1) is 11.0 Å². The Hall–Kier alpha value is -3.48. The number of hydrogen-bond acceptors (Lipinski definition) is 4. The maximum atomic E-state index is 12.9. The molecule has 2 aromatic carbocycles. The van der Waals surface area contributed by atoms with E-state index >= 15 is 0 Å². The van der Waals surface area contributed by atoms with Crippen molar-refractivity contribution in [3.63, 3.8) is 0 Å². The fourth-order valence-corrected chi connectivity index (χ4v) is 2.56. The van der Waals surface area contributed by atoms with Gasteiger partial charge in [0, 0.05) is 24.5 Å². The molecular weight excluding hydrogens is 321 g/mol. The van der Waals surface area contributed by atoms with Gasteiger partial charge in [-0.1, -0.05) is 18.2 Å². The van der Waals surface area contributed by atoms with Gasteiger partial charge in [-0.25, -0.2) is 19.2 Å². The molecule has 0 aliphatic rings. The predicted molar refractivity (Wildman–Crippen MR) is 93.7 cm³/mol. The fourth-order valence-electron chi connectivity index (χ4n) is 2.56. The minimum atomic E-state index is -0.259. The van der Waals surface area contributed by atoms with E-state index in [0.29, 0.717) is 12.5 Å². The second kappa shape index (κ2) is 6.20. The number of rotatable bonds is 4. The smallest absolute Gasteiger partial charge is 0.323 e. The Bertz CT molecular complexity index is 1070. The molecule has 4 rings (SSSR count). The number of nitrogens with one attached hydrogen (secondary N) is 3. The van der Waals surface area contributed by atoms with Gasteiger partial charge in [-0.15, -0.1) is 0 Å². The molecule has 0 radical (unpaired) electrons. The maximum Gasteiger partial charge on any atom is 0.323 e. The molecule has 3 N–H and O–H groups in total. The van der Waals surface area contributed by atoms with Crippen molar-refractivity contribution in [1.82, 2.24) is 19.9 Å². The van der Waals surface area contributed by atoms with Crippen LogP contribution in [0.5, 0.6) is 0 Å². The first kappa shape index (κ1) is 15.1. The number of H-pyrrole nitrogens is 2. The normalized spacial score (nSPS) is 10.9. The number of hydrogen-bond donors (Lipinski definition) is 3. The summed E-state index contributed by atoms with van der Waals surface area (Å²) in [6.07, 6.45) is 3.43. The molecule has 0 unspecified atom stereocenters. The van der Waals surface area contributed by atoms with E-state index in [4.69, 9.17) is 0 Å². The molecule has 0 aliphatic carbocycles. The monoisotopic (exact) mass is 335 g/mol. The molecule has 124 valence electrons. The van der Waals surface area contributed by atoms with Crippen molar-refractivity contribution in [2.75, 3.05) is 5.32 Å². The average Bonchev–Trinajstić information content (AvgIpc) is 3.01. The molecule has 2 aromatic heterocycles. The van der Waals surface area contributed by atoms with Crippen LogP contribution in [0.1, 0.15) is 5.56 Å². The standard InChI is InChI=1S/C18H14FN5O/c19-14-4-1-11(2-5-14)8-20-17-21-9-13(10-22-17)12-3-6-15-16(7-12)24-18(25)23-15/h1-7,9-10H,8H2,(H,20,21,22)(H2,23,24,25). The van der Waals surface area contributed by atoms with E-state index in [2.05, 4.69) is 25.3 Å². The highest BCUT2D eigenvalue weighted by molar-refractivity contribution is 5.81. The lowest BCUT2D eigenvalue weighted by atomic mass is 10.1. The molecular formula is C18H14FN5O. The summed E-state index contributed by atoms with van der Waals surface area (Å²) < 4.78 is 12.9. The highest BCUT2D eigenvalue weighted by Gasteiger charge is 2.04. The number of benzene rings is 2. The molecule has 0 amide bonds. The van der Waals surface area contributed by atoms with Gasteiger partial charge < -0.3 is 15.3 Å². The summed E-state index contributed by atoms with van der Waals surface area (Å²) in [5.41, 5.74) is 3.96. The number of aromatic nitrogens is 4. The quantitative estimate of drug-likeness (QED) is 0.535. The molecule has 0 bridgehead atoms. The Morgan fingerprint density at radius 2 is 1.64 bits per heavy atom. The number of nitrogens with zero attached hydrogens (tertiary/aromatic N) is 2. The largest absolute Gasteiger partial charge is 0.350 e. The molecule has 0 saturated heterocycles. The number of anilines is 1. The van der Waals surface area contributed by atoms with Gasteiger partial charge in [0.1, 0.15) is 5.82 Å². The maximum absolute atomic E-state index is 12.9. The molecule has 6 nitrogen and oxygen atoms in total. The van der Waals surface area contributed by atoms with Crippen molar-refractivity contribution in [2.24, 2.45) is 0 Å². The topological polar surface area (TPSA) is 86.5 Å². The van der Waals surface area contributed by atoms with Crippen LogP contribution in [0.25, 0.3) is 22.2 Å². The van der Waals surface area contributed by atoms with Crippen LogP contribution in [-0.4, -0.2) is 19.9 Å². The molecule has 0 fully saturated rings.